The Morgan fingerprint density at radius 1 is 1.03 bits per heavy atom. The minimum atomic E-state index is -0.553. The second-order valence-electron chi connectivity index (χ2n) is 6.70. The first-order valence-corrected chi connectivity index (χ1v) is 10.4. The molecule has 0 aliphatic carbocycles. The Morgan fingerprint density at radius 2 is 1.74 bits per heavy atom. The van der Waals surface area contributed by atoms with Crippen molar-refractivity contribution in [1.82, 2.24) is 5.32 Å². The fraction of sp³-hybridized carbons (Fsp3) is 0.0435. The molecule has 1 heterocycles. The van der Waals surface area contributed by atoms with E-state index in [-0.39, 0.29) is 18.1 Å². The van der Waals surface area contributed by atoms with Crippen LogP contribution in [0.1, 0.15) is 11.1 Å². The molecule has 0 aromatic heterocycles. The topological polar surface area (TPSA) is 58.6 Å². The molecule has 0 bridgehead atoms. The van der Waals surface area contributed by atoms with Crippen LogP contribution in [0.25, 0.3) is 6.08 Å². The van der Waals surface area contributed by atoms with Gasteiger partial charge in [0.15, 0.2) is 0 Å². The number of urea groups is 1. The van der Waals surface area contributed by atoms with E-state index in [1.165, 1.54) is 12.1 Å². The summed E-state index contributed by atoms with van der Waals surface area (Å²) in [5, 5.41) is 3.10. The SMILES string of the molecule is O=C1N/C(=C/c2cc(Br)ccc2OCc2ccc(F)cc2)C(=O)N1c1ccc(Cl)cc1. The van der Waals surface area contributed by atoms with Gasteiger partial charge in [0.1, 0.15) is 23.9 Å². The van der Waals surface area contributed by atoms with E-state index in [1.807, 2.05) is 0 Å². The molecule has 3 aromatic rings. The molecule has 31 heavy (non-hydrogen) atoms. The standard InChI is InChI=1S/C23H15BrClFN2O3/c24-16-3-10-21(31-13-14-1-6-18(26)7-2-14)15(11-16)12-20-22(29)28(23(30)27-20)19-8-4-17(25)5-9-19/h1-12H,13H2,(H,27,30)/b20-12+. The maximum Gasteiger partial charge on any atom is 0.333 e. The highest BCUT2D eigenvalue weighted by Crippen LogP contribution is 2.29. The summed E-state index contributed by atoms with van der Waals surface area (Å²) in [7, 11) is 0. The van der Waals surface area contributed by atoms with Crippen molar-refractivity contribution >= 4 is 51.2 Å². The van der Waals surface area contributed by atoms with Crippen LogP contribution in [-0.4, -0.2) is 11.9 Å². The second-order valence-corrected chi connectivity index (χ2v) is 8.05. The van der Waals surface area contributed by atoms with Gasteiger partial charge in [0, 0.05) is 15.1 Å². The van der Waals surface area contributed by atoms with Gasteiger partial charge in [-0.25, -0.2) is 14.1 Å². The first kappa shape index (κ1) is 21.1. The summed E-state index contributed by atoms with van der Waals surface area (Å²) in [4.78, 5) is 26.3. The largest absolute Gasteiger partial charge is 0.488 e. The maximum absolute atomic E-state index is 13.1. The van der Waals surface area contributed by atoms with E-state index < -0.39 is 11.9 Å². The lowest BCUT2D eigenvalue weighted by atomic mass is 10.1. The highest BCUT2D eigenvalue weighted by molar-refractivity contribution is 9.10. The number of hydrogen-bond donors (Lipinski definition) is 1. The fourth-order valence-electron chi connectivity index (χ4n) is 3.02. The van der Waals surface area contributed by atoms with E-state index >= 15 is 0 Å². The molecule has 4 rings (SSSR count). The summed E-state index contributed by atoms with van der Waals surface area (Å²) in [6.07, 6.45) is 1.56. The van der Waals surface area contributed by atoms with E-state index in [2.05, 4.69) is 21.2 Å². The summed E-state index contributed by atoms with van der Waals surface area (Å²) in [5.41, 5.74) is 1.92. The zero-order chi connectivity index (χ0) is 22.0. The third kappa shape index (κ3) is 4.78. The molecule has 1 N–H and O–H groups in total. The number of halogens is 3. The molecule has 1 saturated heterocycles. The molecule has 8 heteroatoms. The van der Waals surface area contributed by atoms with Crippen molar-refractivity contribution < 1.29 is 18.7 Å². The normalized spacial score (nSPS) is 14.8. The molecular formula is C23H15BrClFN2O3. The second kappa shape index (κ2) is 8.91. The number of hydrogen-bond acceptors (Lipinski definition) is 3. The van der Waals surface area contributed by atoms with E-state index in [0.29, 0.717) is 22.0 Å². The van der Waals surface area contributed by atoms with Crippen LogP contribution in [0.5, 0.6) is 5.75 Å². The van der Waals surface area contributed by atoms with Gasteiger partial charge in [0.25, 0.3) is 5.91 Å². The van der Waals surface area contributed by atoms with Gasteiger partial charge in [-0.3, -0.25) is 4.79 Å². The van der Waals surface area contributed by atoms with Crippen molar-refractivity contribution in [2.45, 2.75) is 6.61 Å². The summed E-state index contributed by atoms with van der Waals surface area (Å²) < 4.78 is 19.7. The Bertz CT molecular complexity index is 1180. The number of imide groups is 1. The van der Waals surface area contributed by atoms with Crippen LogP contribution < -0.4 is 15.0 Å². The van der Waals surface area contributed by atoms with Crippen LogP contribution in [0.15, 0.2) is 76.9 Å². The van der Waals surface area contributed by atoms with Crippen molar-refractivity contribution in [3.8, 4) is 5.75 Å². The zero-order valence-electron chi connectivity index (χ0n) is 15.9. The van der Waals surface area contributed by atoms with Crippen LogP contribution >= 0.6 is 27.5 Å². The van der Waals surface area contributed by atoms with Gasteiger partial charge in [-0.05, 0) is 66.2 Å². The van der Waals surface area contributed by atoms with E-state index in [4.69, 9.17) is 16.3 Å². The molecule has 3 aromatic carbocycles. The first-order chi connectivity index (χ1) is 14.9. The number of nitrogens with zero attached hydrogens (tertiary/aromatic N) is 1. The van der Waals surface area contributed by atoms with Gasteiger partial charge in [0.2, 0.25) is 0 Å². The lowest BCUT2D eigenvalue weighted by Gasteiger charge is -2.12. The van der Waals surface area contributed by atoms with Crippen LogP contribution in [0.2, 0.25) is 5.02 Å². The molecule has 0 radical (unpaired) electrons. The molecule has 3 amide bonds. The number of anilines is 1. The number of amides is 3. The highest BCUT2D eigenvalue weighted by Gasteiger charge is 2.35. The molecule has 0 saturated carbocycles. The van der Waals surface area contributed by atoms with Crippen LogP contribution in [-0.2, 0) is 11.4 Å². The Labute approximate surface area is 191 Å². The van der Waals surface area contributed by atoms with Crippen molar-refractivity contribution in [2.24, 2.45) is 0 Å². The molecule has 0 spiro atoms. The highest BCUT2D eigenvalue weighted by atomic mass is 79.9. The van der Waals surface area contributed by atoms with E-state index in [9.17, 15) is 14.0 Å². The summed E-state index contributed by atoms with van der Waals surface area (Å²) >= 11 is 9.30. The van der Waals surface area contributed by atoms with E-state index in [0.717, 1.165) is 14.9 Å². The summed E-state index contributed by atoms with van der Waals surface area (Å²) in [6, 6.07) is 17.2. The molecule has 1 fully saturated rings. The lowest BCUT2D eigenvalue weighted by Crippen LogP contribution is -2.30. The van der Waals surface area contributed by atoms with Gasteiger partial charge in [-0.2, -0.15) is 0 Å². The monoisotopic (exact) mass is 500 g/mol. The maximum atomic E-state index is 13.1. The average Bonchev–Trinajstić information content (AvgIpc) is 3.02. The molecule has 0 atom stereocenters. The number of carbonyl (C=O) groups excluding carboxylic acids is 2. The van der Waals surface area contributed by atoms with Crippen LogP contribution in [0.3, 0.4) is 0 Å². The van der Waals surface area contributed by atoms with Gasteiger partial charge >= 0.3 is 6.03 Å². The predicted octanol–water partition coefficient (Wildman–Crippen LogP) is 5.92. The van der Waals surface area contributed by atoms with Crippen LogP contribution in [0, 0.1) is 5.82 Å². The number of benzene rings is 3. The Morgan fingerprint density at radius 3 is 2.45 bits per heavy atom. The molecule has 5 nitrogen and oxygen atoms in total. The summed E-state index contributed by atoms with van der Waals surface area (Å²) in [5.74, 6) is -0.303. The third-order valence-electron chi connectivity index (χ3n) is 4.54. The molecule has 156 valence electrons. The summed E-state index contributed by atoms with van der Waals surface area (Å²) in [6.45, 7) is 0.218. The number of carbonyl (C=O) groups is 2. The average molecular weight is 502 g/mol. The number of ether oxygens (including phenoxy) is 1. The smallest absolute Gasteiger partial charge is 0.333 e. The van der Waals surface area contributed by atoms with Crippen molar-refractivity contribution in [3.63, 3.8) is 0 Å². The molecule has 1 aliphatic rings. The molecule has 1 aliphatic heterocycles. The zero-order valence-corrected chi connectivity index (χ0v) is 18.3. The van der Waals surface area contributed by atoms with Gasteiger partial charge in [0.05, 0.1) is 5.69 Å². The quantitative estimate of drug-likeness (QED) is 0.349. The third-order valence-corrected chi connectivity index (χ3v) is 5.29. The van der Waals surface area contributed by atoms with Crippen molar-refractivity contribution in [3.05, 3.63) is 98.9 Å². The van der Waals surface area contributed by atoms with Gasteiger partial charge in [-0.15, -0.1) is 0 Å². The molecule has 0 unspecified atom stereocenters. The lowest BCUT2D eigenvalue weighted by molar-refractivity contribution is -0.113. The minimum absolute atomic E-state index is 0.115. The van der Waals surface area contributed by atoms with Crippen molar-refractivity contribution in [1.29, 1.82) is 0 Å². The van der Waals surface area contributed by atoms with Gasteiger partial charge < -0.3 is 10.1 Å². The first-order valence-electron chi connectivity index (χ1n) is 9.20. The fourth-order valence-corrected chi connectivity index (χ4v) is 3.53. The van der Waals surface area contributed by atoms with Crippen LogP contribution in [0.4, 0.5) is 14.9 Å². The van der Waals surface area contributed by atoms with Crippen molar-refractivity contribution in [2.75, 3.05) is 4.90 Å². The minimum Gasteiger partial charge on any atom is -0.488 e. The Hall–Kier alpha value is -3.16. The number of nitrogens with one attached hydrogen (secondary N) is 1. The Balaban J connectivity index is 1.59. The number of rotatable bonds is 5. The van der Waals surface area contributed by atoms with Gasteiger partial charge in [-0.1, -0.05) is 39.7 Å². The molecular weight excluding hydrogens is 487 g/mol. The Kier molecular flexibility index (Phi) is 6.06. The predicted molar refractivity (Wildman–Crippen MR) is 120 cm³/mol. The van der Waals surface area contributed by atoms with E-state index in [1.54, 1.807) is 60.7 Å².